The maximum Gasteiger partial charge on any atom is 0.323 e. The fraction of sp³-hybridized carbons (Fsp3) is 0.727. The summed E-state index contributed by atoms with van der Waals surface area (Å²) < 4.78 is 5.28. The highest BCUT2D eigenvalue weighted by Gasteiger charge is 2.14. The standard InChI is InChI=1S/C11H19N5O/c1-2-17-11-14-9(12)13-10(15-11)16-7-5-3-4-6-8-16/h2-8H2,1H3,(H2,12,13,14,15). The molecule has 1 fully saturated rings. The zero-order chi connectivity index (χ0) is 12.1. The summed E-state index contributed by atoms with van der Waals surface area (Å²) >= 11 is 0. The number of hydrogen-bond acceptors (Lipinski definition) is 6. The second kappa shape index (κ2) is 5.65. The normalized spacial score (nSPS) is 16.6. The Morgan fingerprint density at radius 3 is 2.47 bits per heavy atom. The Labute approximate surface area is 101 Å². The average Bonchev–Trinajstić information content (AvgIpc) is 2.57. The van der Waals surface area contributed by atoms with Gasteiger partial charge in [0.05, 0.1) is 6.61 Å². The lowest BCUT2D eigenvalue weighted by molar-refractivity contribution is 0.312. The van der Waals surface area contributed by atoms with Crippen LogP contribution in [-0.4, -0.2) is 34.6 Å². The first kappa shape index (κ1) is 11.9. The number of nitrogens with zero attached hydrogens (tertiary/aromatic N) is 4. The SMILES string of the molecule is CCOc1nc(N)nc(N2CCCCCC2)n1. The van der Waals surface area contributed by atoms with Crippen molar-refractivity contribution >= 4 is 11.9 Å². The molecule has 2 rings (SSSR count). The maximum atomic E-state index is 5.67. The van der Waals surface area contributed by atoms with Crippen LogP contribution in [0.25, 0.3) is 0 Å². The van der Waals surface area contributed by atoms with E-state index < -0.39 is 0 Å². The van der Waals surface area contributed by atoms with Crippen molar-refractivity contribution in [2.75, 3.05) is 30.3 Å². The third-order valence-corrected chi connectivity index (χ3v) is 2.78. The minimum absolute atomic E-state index is 0.225. The summed E-state index contributed by atoms with van der Waals surface area (Å²) in [6.07, 6.45) is 4.90. The first-order valence-corrected chi connectivity index (χ1v) is 6.19. The molecular weight excluding hydrogens is 218 g/mol. The van der Waals surface area contributed by atoms with Crippen molar-refractivity contribution in [3.8, 4) is 6.01 Å². The van der Waals surface area contributed by atoms with Crippen molar-refractivity contribution in [2.24, 2.45) is 0 Å². The quantitative estimate of drug-likeness (QED) is 0.852. The van der Waals surface area contributed by atoms with E-state index in [1.807, 2.05) is 6.92 Å². The molecule has 0 aliphatic carbocycles. The van der Waals surface area contributed by atoms with Crippen LogP contribution in [0.5, 0.6) is 6.01 Å². The van der Waals surface area contributed by atoms with E-state index >= 15 is 0 Å². The molecule has 94 valence electrons. The van der Waals surface area contributed by atoms with Gasteiger partial charge in [-0.3, -0.25) is 0 Å². The molecule has 0 bridgehead atoms. The number of aromatic nitrogens is 3. The van der Waals surface area contributed by atoms with Crippen LogP contribution in [0.2, 0.25) is 0 Å². The van der Waals surface area contributed by atoms with Gasteiger partial charge in [0.25, 0.3) is 0 Å². The molecule has 0 radical (unpaired) electrons. The second-order valence-corrected chi connectivity index (χ2v) is 4.11. The Morgan fingerprint density at radius 2 is 1.82 bits per heavy atom. The Balaban J connectivity index is 2.17. The predicted octanol–water partition coefficient (Wildman–Crippen LogP) is 1.23. The monoisotopic (exact) mass is 237 g/mol. The van der Waals surface area contributed by atoms with Gasteiger partial charge in [-0.2, -0.15) is 15.0 Å². The second-order valence-electron chi connectivity index (χ2n) is 4.11. The number of nitrogen functional groups attached to an aromatic ring is 1. The lowest BCUT2D eigenvalue weighted by Gasteiger charge is -2.20. The molecule has 1 aromatic heterocycles. The highest BCUT2D eigenvalue weighted by atomic mass is 16.5. The van der Waals surface area contributed by atoms with Crippen LogP contribution < -0.4 is 15.4 Å². The van der Waals surface area contributed by atoms with Gasteiger partial charge in [0.1, 0.15) is 0 Å². The molecule has 0 saturated carbocycles. The highest BCUT2D eigenvalue weighted by Crippen LogP contribution is 2.18. The third kappa shape index (κ3) is 3.18. The molecule has 17 heavy (non-hydrogen) atoms. The summed E-state index contributed by atoms with van der Waals surface area (Å²) in [7, 11) is 0. The summed E-state index contributed by atoms with van der Waals surface area (Å²) in [6, 6.07) is 0.319. The van der Waals surface area contributed by atoms with E-state index in [0.717, 1.165) is 13.1 Å². The Hall–Kier alpha value is -1.59. The molecule has 0 unspecified atom stereocenters. The van der Waals surface area contributed by atoms with Crippen molar-refractivity contribution in [3.05, 3.63) is 0 Å². The third-order valence-electron chi connectivity index (χ3n) is 2.78. The molecule has 1 aliphatic heterocycles. The number of hydrogen-bond donors (Lipinski definition) is 1. The Morgan fingerprint density at radius 1 is 1.12 bits per heavy atom. The molecule has 0 aromatic carbocycles. The number of ether oxygens (including phenoxy) is 1. The highest BCUT2D eigenvalue weighted by molar-refractivity contribution is 5.35. The smallest absolute Gasteiger partial charge is 0.323 e. The van der Waals surface area contributed by atoms with Crippen LogP contribution in [-0.2, 0) is 0 Å². The van der Waals surface area contributed by atoms with E-state index in [-0.39, 0.29) is 5.95 Å². The van der Waals surface area contributed by atoms with E-state index in [1.165, 1.54) is 25.7 Å². The molecule has 0 amide bonds. The molecule has 2 N–H and O–H groups in total. The van der Waals surface area contributed by atoms with Gasteiger partial charge < -0.3 is 15.4 Å². The number of anilines is 2. The van der Waals surface area contributed by atoms with Crippen LogP contribution in [0.15, 0.2) is 0 Å². The molecule has 0 spiro atoms. The Kier molecular flexibility index (Phi) is 3.95. The summed E-state index contributed by atoms with van der Waals surface area (Å²) in [4.78, 5) is 14.6. The summed E-state index contributed by atoms with van der Waals surface area (Å²) in [5.74, 6) is 0.866. The predicted molar refractivity (Wildman–Crippen MR) is 66.1 cm³/mol. The maximum absolute atomic E-state index is 5.67. The van der Waals surface area contributed by atoms with Gasteiger partial charge in [0, 0.05) is 13.1 Å². The van der Waals surface area contributed by atoms with Crippen LogP contribution in [0.4, 0.5) is 11.9 Å². The largest absolute Gasteiger partial charge is 0.464 e. The van der Waals surface area contributed by atoms with Gasteiger partial charge in [-0.15, -0.1) is 0 Å². The number of rotatable bonds is 3. The fourth-order valence-electron chi connectivity index (χ4n) is 1.97. The molecule has 0 atom stereocenters. The van der Waals surface area contributed by atoms with E-state index in [9.17, 15) is 0 Å². The molecule has 2 heterocycles. The topological polar surface area (TPSA) is 77.2 Å². The van der Waals surface area contributed by atoms with Crippen LogP contribution in [0.1, 0.15) is 32.6 Å². The fourth-order valence-corrected chi connectivity index (χ4v) is 1.97. The van der Waals surface area contributed by atoms with Gasteiger partial charge in [-0.25, -0.2) is 0 Å². The molecule has 1 saturated heterocycles. The zero-order valence-electron chi connectivity index (χ0n) is 10.2. The molecule has 1 aliphatic rings. The van der Waals surface area contributed by atoms with Crippen LogP contribution >= 0.6 is 0 Å². The number of nitrogens with two attached hydrogens (primary N) is 1. The molecule has 6 heteroatoms. The van der Waals surface area contributed by atoms with Crippen molar-refractivity contribution in [3.63, 3.8) is 0 Å². The summed E-state index contributed by atoms with van der Waals surface area (Å²) in [5, 5.41) is 0. The van der Waals surface area contributed by atoms with Crippen LogP contribution in [0.3, 0.4) is 0 Å². The van der Waals surface area contributed by atoms with Crippen molar-refractivity contribution in [2.45, 2.75) is 32.6 Å². The van der Waals surface area contributed by atoms with Crippen LogP contribution in [0, 0.1) is 0 Å². The van der Waals surface area contributed by atoms with E-state index in [4.69, 9.17) is 10.5 Å². The van der Waals surface area contributed by atoms with E-state index in [1.54, 1.807) is 0 Å². The van der Waals surface area contributed by atoms with Crippen molar-refractivity contribution < 1.29 is 4.74 Å². The first-order chi connectivity index (χ1) is 8.29. The minimum atomic E-state index is 0.225. The molecule has 6 nitrogen and oxygen atoms in total. The van der Waals surface area contributed by atoms with Gasteiger partial charge in [-0.1, -0.05) is 12.8 Å². The minimum Gasteiger partial charge on any atom is -0.464 e. The average molecular weight is 237 g/mol. The van der Waals surface area contributed by atoms with Crippen molar-refractivity contribution in [1.29, 1.82) is 0 Å². The van der Waals surface area contributed by atoms with E-state index in [0.29, 0.717) is 18.6 Å². The zero-order valence-corrected chi connectivity index (χ0v) is 10.2. The van der Waals surface area contributed by atoms with Crippen molar-refractivity contribution in [1.82, 2.24) is 15.0 Å². The van der Waals surface area contributed by atoms with E-state index in [2.05, 4.69) is 19.9 Å². The van der Waals surface area contributed by atoms with Gasteiger partial charge >= 0.3 is 6.01 Å². The van der Waals surface area contributed by atoms with Gasteiger partial charge in [0.15, 0.2) is 0 Å². The van der Waals surface area contributed by atoms with Gasteiger partial charge in [-0.05, 0) is 19.8 Å². The summed E-state index contributed by atoms with van der Waals surface area (Å²) in [6.45, 7) is 4.39. The molecule has 1 aromatic rings. The molecular formula is C11H19N5O. The lowest BCUT2D eigenvalue weighted by Crippen LogP contribution is -2.26. The summed E-state index contributed by atoms with van der Waals surface area (Å²) in [5.41, 5.74) is 5.67. The Bertz CT molecular complexity index is 363. The van der Waals surface area contributed by atoms with Gasteiger partial charge in [0.2, 0.25) is 11.9 Å². The lowest BCUT2D eigenvalue weighted by atomic mass is 10.2. The first-order valence-electron chi connectivity index (χ1n) is 6.19.